The lowest BCUT2D eigenvalue weighted by Gasteiger charge is -2.32. The Morgan fingerprint density at radius 2 is 1.59 bits per heavy atom. The van der Waals surface area contributed by atoms with Gasteiger partial charge in [0.25, 0.3) is 0 Å². The molecule has 0 aliphatic carbocycles. The highest BCUT2D eigenvalue weighted by Gasteiger charge is 2.36. The van der Waals surface area contributed by atoms with E-state index in [2.05, 4.69) is 10.3 Å². The van der Waals surface area contributed by atoms with Gasteiger partial charge in [-0.2, -0.15) is 0 Å². The molecule has 2 amide bonds. The average molecular weight is 451 g/mol. The fourth-order valence-electron chi connectivity index (χ4n) is 3.14. The van der Waals surface area contributed by atoms with Gasteiger partial charge in [0.15, 0.2) is 5.17 Å². The average Bonchev–Trinajstić information content (AvgIpc) is 2.79. The number of nitrogens with zero attached hydrogens (tertiary/aromatic N) is 2. The number of nitrogens with one attached hydrogen (secondary N) is 1. The SMILES string of the molecule is O=C(Nc1ccc(F)cc1)[C@H]1CC(=O)N(Cc2ccccc2)C(=Nc2ccc(F)cc2)S1. The van der Waals surface area contributed by atoms with Crippen LogP contribution in [0.15, 0.2) is 83.9 Å². The van der Waals surface area contributed by atoms with Crippen molar-refractivity contribution in [3.05, 3.63) is 96.1 Å². The standard InChI is InChI=1S/C24H19F2N3O2S/c25-17-6-10-19(11-7-17)27-23(31)21-14-22(30)29(15-16-4-2-1-3-5-16)24(32-21)28-20-12-8-18(26)9-13-20/h1-13,21H,14-15H2,(H,27,31)/t21-/m1/s1. The van der Waals surface area contributed by atoms with Gasteiger partial charge in [0.2, 0.25) is 11.8 Å². The Bertz CT molecular complexity index is 1140. The van der Waals surface area contributed by atoms with E-state index >= 15 is 0 Å². The van der Waals surface area contributed by atoms with Gasteiger partial charge in [-0.25, -0.2) is 13.8 Å². The summed E-state index contributed by atoms with van der Waals surface area (Å²) in [4.78, 5) is 31.9. The first-order chi connectivity index (χ1) is 15.5. The number of halogens is 2. The van der Waals surface area contributed by atoms with Crippen LogP contribution in [0.3, 0.4) is 0 Å². The summed E-state index contributed by atoms with van der Waals surface area (Å²) in [6, 6.07) is 20.5. The first-order valence-corrected chi connectivity index (χ1v) is 10.8. The molecule has 1 N–H and O–H groups in total. The van der Waals surface area contributed by atoms with E-state index in [9.17, 15) is 18.4 Å². The normalized spacial score (nSPS) is 17.4. The molecular weight excluding hydrogens is 432 g/mol. The maximum absolute atomic E-state index is 13.3. The van der Waals surface area contributed by atoms with E-state index in [1.54, 1.807) is 0 Å². The zero-order chi connectivity index (χ0) is 22.5. The quantitative estimate of drug-likeness (QED) is 0.585. The van der Waals surface area contributed by atoms with Gasteiger partial charge in [-0.05, 0) is 54.1 Å². The van der Waals surface area contributed by atoms with Gasteiger partial charge in [0.1, 0.15) is 16.9 Å². The van der Waals surface area contributed by atoms with Crippen LogP contribution in [0.5, 0.6) is 0 Å². The lowest BCUT2D eigenvalue weighted by Crippen LogP contribution is -2.44. The third kappa shape index (κ3) is 5.39. The number of anilines is 1. The zero-order valence-electron chi connectivity index (χ0n) is 16.9. The minimum absolute atomic E-state index is 0.00698. The van der Waals surface area contributed by atoms with Gasteiger partial charge in [0, 0.05) is 12.1 Å². The number of amides is 2. The Kier molecular flexibility index (Phi) is 6.61. The molecule has 3 aromatic carbocycles. The summed E-state index contributed by atoms with van der Waals surface area (Å²) in [5, 5.41) is 2.36. The first-order valence-electron chi connectivity index (χ1n) is 9.89. The molecular formula is C24H19F2N3O2S. The molecule has 1 heterocycles. The molecule has 1 aliphatic rings. The molecule has 0 spiro atoms. The van der Waals surface area contributed by atoms with E-state index in [0.29, 0.717) is 23.1 Å². The lowest BCUT2D eigenvalue weighted by atomic mass is 10.2. The molecule has 0 bridgehead atoms. The molecule has 5 nitrogen and oxygen atoms in total. The number of carbonyl (C=O) groups excluding carboxylic acids is 2. The predicted octanol–water partition coefficient (Wildman–Crippen LogP) is 5.13. The van der Waals surface area contributed by atoms with Gasteiger partial charge in [-0.1, -0.05) is 42.1 Å². The van der Waals surface area contributed by atoms with Crippen LogP contribution in [0.4, 0.5) is 20.2 Å². The van der Waals surface area contributed by atoms with Crippen LogP contribution in [0, 0.1) is 11.6 Å². The van der Waals surface area contributed by atoms with Crippen LogP contribution in [-0.4, -0.2) is 27.1 Å². The van der Waals surface area contributed by atoms with Crippen molar-refractivity contribution in [2.24, 2.45) is 4.99 Å². The highest BCUT2D eigenvalue weighted by atomic mass is 32.2. The number of thioether (sulfide) groups is 1. The first kappa shape index (κ1) is 21.7. The van der Waals surface area contributed by atoms with Gasteiger partial charge >= 0.3 is 0 Å². The van der Waals surface area contributed by atoms with Crippen LogP contribution in [0.2, 0.25) is 0 Å². The fraction of sp³-hybridized carbons (Fsp3) is 0.125. The van der Waals surface area contributed by atoms with E-state index in [1.807, 2.05) is 30.3 Å². The fourth-order valence-corrected chi connectivity index (χ4v) is 4.24. The van der Waals surface area contributed by atoms with E-state index < -0.39 is 11.1 Å². The molecule has 4 rings (SSSR count). The topological polar surface area (TPSA) is 61.8 Å². The minimum atomic E-state index is -0.709. The second kappa shape index (κ2) is 9.74. The molecule has 1 saturated heterocycles. The summed E-state index contributed by atoms with van der Waals surface area (Å²) >= 11 is 1.17. The number of benzene rings is 3. The van der Waals surface area contributed by atoms with Crippen molar-refractivity contribution in [3.8, 4) is 0 Å². The molecule has 0 radical (unpaired) electrons. The maximum atomic E-state index is 13.3. The predicted molar refractivity (Wildman–Crippen MR) is 122 cm³/mol. The van der Waals surface area contributed by atoms with Crippen molar-refractivity contribution < 1.29 is 18.4 Å². The maximum Gasteiger partial charge on any atom is 0.238 e. The van der Waals surface area contributed by atoms with Crippen molar-refractivity contribution in [3.63, 3.8) is 0 Å². The van der Waals surface area contributed by atoms with E-state index in [1.165, 1.54) is 65.2 Å². The molecule has 32 heavy (non-hydrogen) atoms. The minimum Gasteiger partial charge on any atom is -0.325 e. The second-order valence-electron chi connectivity index (χ2n) is 7.14. The zero-order valence-corrected chi connectivity index (χ0v) is 17.7. The number of rotatable bonds is 5. The summed E-state index contributed by atoms with van der Waals surface area (Å²) in [7, 11) is 0. The summed E-state index contributed by atoms with van der Waals surface area (Å²) in [5.74, 6) is -1.41. The number of carbonyl (C=O) groups is 2. The van der Waals surface area contributed by atoms with Gasteiger partial charge in [0.05, 0.1) is 12.2 Å². The molecule has 3 aromatic rings. The molecule has 1 atom stereocenters. The van der Waals surface area contributed by atoms with Gasteiger partial charge < -0.3 is 5.32 Å². The summed E-state index contributed by atoms with van der Waals surface area (Å²) in [6.45, 7) is 0.305. The van der Waals surface area contributed by atoms with Gasteiger partial charge in [-0.3, -0.25) is 14.5 Å². The summed E-state index contributed by atoms with van der Waals surface area (Å²) in [5.41, 5.74) is 1.83. The molecule has 8 heteroatoms. The van der Waals surface area contributed by atoms with Gasteiger partial charge in [-0.15, -0.1) is 0 Å². The molecule has 0 saturated carbocycles. The molecule has 1 aliphatic heterocycles. The van der Waals surface area contributed by atoms with Crippen LogP contribution >= 0.6 is 11.8 Å². The Balaban J connectivity index is 1.58. The van der Waals surface area contributed by atoms with Crippen molar-refractivity contribution >= 4 is 40.1 Å². The molecule has 0 unspecified atom stereocenters. The molecule has 162 valence electrons. The number of amidine groups is 1. The van der Waals surface area contributed by atoms with Crippen molar-refractivity contribution in [1.29, 1.82) is 0 Å². The molecule has 1 fully saturated rings. The van der Waals surface area contributed by atoms with Crippen LogP contribution in [-0.2, 0) is 16.1 Å². The van der Waals surface area contributed by atoms with Crippen LogP contribution in [0.25, 0.3) is 0 Å². The van der Waals surface area contributed by atoms with E-state index in [4.69, 9.17) is 0 Å². The van der Waals surface area contributed by atoms with E-state index in [-0.39, 0.29) is 24.1 Å². The second-order valence-corrected chi connectivity index (χ2v) is 8.31. The summed E-state index contributed by atoms with van der Waals surface area (Å²) < 4.78 is 26.4. The van der Waals surface area contributed by atoms with E-state index in [0.717, 1.165) is 5.56 Å². The van der Waals surface area contributed by atoms with Crippen LogP contribution < -0.4 is 5.32 Å². The molecule has 0 aromatic heterocycles. The van der Waals surface area contributed by atoms with Crippen LogP contribution in [0.1, 0.15) is 12.0 Å². The smallest absolute Gasteiger partial charge is 0.238 e. The highest BCUT2D eigenvalue weighted by Crippen LogP contribution is 2.31. The Hall–Kier alpha value is -3.52. The monoisotopic (exact) mass is 451 g/mol. The Labute approximate surface area is 188 Å². The Morgan fingerprint density at radius 1 is 0.969 bits per heavy atom. The largest absolute Gasteiger partial charge is 0.325 e. The van der Waals surface area contributed by atoms with Crippen molar-refractivity contribution in [2.75, 3.05) is 5.32 Å². The summed E-state index contributed by atoms with van der Waals surface area (Å²) in [6.07, 6.45) is -0.00698. The van der Waals surface area contributed by atoms with Crippen molar-refractivity contribution in [2.45, 2.75) is 18.2 Å². The third-order valence-electron chi connectivity index (χ3n) is 4.78. The number of aliphatic imine (C=N–C) groups is 1. The van der Waals surface area contributed by atoms with Crippen molar-refractivity contribution in [1.82, 2.24) is 4.90 Å². The highest BCUT2D eigenvalue weighted by molar-refractivity contribution is 8.15. The number of hydrogen-bond donors (Lipinski definition) is 1. The Morgan fingerprint density at radius 3 is 2.25 bits per heavy atom. The lowest BCUT2D eigenvalue weighted by molar-refractivity contribution is -0.129. The number of hydrogen-bond acceptors (Lipinski definition) is 4. The third-order valence-corrected chi connectivity index (χ3v) is 5.97.